The Morgan fingerprint density at radius 2 is 1.83 bits per heavy atom. The van der Waals surface area contributed by atoms with Gasteiger partial charge >= 0.3 is 0 Å². The molecule has 0 bridgehead atoms. The van der Waals surface area contributed by atoms with Crippen molar-refractivity contribution < 1.29 is 19.1 Å². The van der Waals surface area contributed by atoms with Crippen LogP contribution in [0, 0.1) is 13.8 Å². The number of carbonyl (C=O) groups is 2. The minimum absolute atomic E-state index is 0.151. The van der Waals surface area contributed by atoms with Crippen LogP contribution in [0.4, 0.5) is 5.69 Å². The normalized spacial score (nSPS) is 12.5. The largest absolute Gasteiger partial charge is 0.454 e. The van der Waals surface area contributed by atoms with Crippen molar-refractivity contribution in [3.05, 3.63) is 81.2 Å². The predicted molar refractivity (Wildman–Crippen MR) is 117 cm³/mol. The van der Waals surface area contributed by atoms with E-state index in [9.17, 15) is 9.59 Å². The van der Waals surface area contributed by atoms with Gasteiger partial charge in [-0.1, -0.05) is 12.1 Å². The number of aryl methyl sites for hydroxylation is 2. The van der Waals surface area contributed by atoms with Crippen LogP contribution >= 0.6 is 11.3 Å². The molecule has 2 N–H and O–H groups in total. The van der Waals surface area contributed by atoms with Crippen LogP contribution in [0.3, 0.4) is 0 Å². The highest BCUT2D eigenvalue weighted by Gasteiger charge is 2.18. The first kappa shape index (κ1) is 19.7. The molecule has 0 unspecified atom stereocenters. The zero-order chi connectivity index (χ0) is 21.1. The summed E-state index contributed by atoms with van der Waals surface area (Å²) in [5.41, 5.74) is 3.30. The van der Waals surface area contributed by atoms with Crippen LogP contribution in [0.2, 0.25) is 0 Å². The molecule has 1 aliphatic heterocycles. The van der Waals surface area contributed by atoms with Gasteiger partial charge < -0.3 is 20.1 Å². The van der Waals surface area contributed by atoms with E-state index in [1.807, 2.05) is 43.5 Å². The average Bonchev–Trinajstić information content (AvgIpc) is 3.40. The third kappa shape index (κ3) is 4.36. The van der Waals surface area contributed by atoms with Gasteiger partial charge in [0, 0.05) is 22.2 Å². The summed E-state index contributed by atoms with van der Waals surface area (Å²) in [4.78, 5) is 26.6. The van der Waals surface area contributed by atoms with Gasteiger partial charge in [-0.25, -0.2) is 0 Å². The highest BCUT2D eigenvalue weighted by molar-refractivity contribution is 7.10. The fraction of sp³-hybridized carbons (Fsp3) is 0.130. The lowest BCUT2D eigenvalue weighted by Crippen LogP contribution is -2.30. The number of nitrogens with one attached hydrogen (secondary N) is 2. The maximum Gasteiger partial charge on any atom is 0.272 e. The molecule has 1 aromatic heterocycles. The minimum Gasteiger partial charge on any atom is -0.454 e. The van der Waals surface area contributed by atoms with Gasteiger partial charge in [0.2, 0.25) is 6.79 Å². The smallest absolute Gasteiger partial charge is 0.272 e. The third-order valence-corrected chi connectivity index (χ3v) is 5.54. The Kier molecular flexibility index (Phi) is 5.54. The number of rotatable bonds is 5. The summed E-state index contributed by atoms with van der Waals surface area (Å²) in [5, 5.41) is 7.47. The number of fused-ring (bicyclic) bond motifs is 1. The first-order chi connectivity index (χ1) is 14.5. The number of amides is 2. The molecule has 4 rings (SSSR count). The maximum absolute atomic E-state index is 13.0. The zero-order valence-electron chi connectivity index (χ0n) is 16.5. The molecule has 6 nitrogen and oxygen atoms in total. The van der Waals surface area contributed by atoms with Gasteiger partial charge in [0.25, 0.3) is 11.8 Å². The number of ether oxygens (including phenoxy) is 2. The molecule has 0 saturated carbocycles. The van der Waals surface area contributed by atoms with Crippen molar-refractivity contribution in [2.75, 3.05) is 12.1 Å². The standard InChI is InChI=1S/C23H20N2O4S/c1-14-5-6-16(10-15(14)2)22(26)25-19(12-18-4-3-9-30-18)23(27)24-17-7-8-20-21(11-17)29-13-28-20/h3-12H,13H2,1-2H3,(H,24,27)(H,25,26)/b19-12+. The van der Waals surface area contributed by atoms with E-state index < -0.39 is 5.91 Å². The fourth-order valence-corrected chi connectivity index (χ4v) is 3.58. The van der Waals surface area contributed by atoms with Crippen molar-refractivity contribution in [2.24, 2.45) is 0 Å². The summed E-state index contributed by atoms with van der Waals surface area (Å²) in [6, 6.07) is 14.3. The van der Waals surface area contributed by atoms with E-state index in [1.54, 1.807) is 30.3 Å². The molecule has 7 heteroatoms. The average molecular weight is 420 g/mol. The van der Waals surface area contributed by atoms with Gasteiger partial charge in [-0.05, 0) is 66.8 Å². The van der Waals surface area contributed by atoms with E-state index in [1.165, 1.54) is 11.3 Å². The third-order valence-electron chi connectivity index (χ3n) is 4.72. The molecule has 0 saturated heterocycles. The van der Waals surface area contributed by atoms with Crippen molar-refractivity contribution in [1.29, 1.82) is 0 Å². The summed E-state index contributed by atoms with van der Waals surface area (Å²) < 4.78 is 10.6. The van der Waals surface area contributed by atoms with Gasteiger partial charge in [-0.15, -0.1) is 11.3 Å². The van der Waals surface area contributed by atoms with Crippen molar-refractivity contribution in [2.45, 2.75) is 13.8 Å². The second-order valence-electron chi connectivity index (χ2n) is 6.85. The van der Waals surface area contributed by atoms with Gasteiger partial charge in [-0.3, -0.25) is 9.59 Å². The van der Waals surface area contributed by atoms with Crippen LogP contribution in [0.15, 0.2) is 59.6 Å². The van der Waals surface area contributed by atoms with E-state index in [-0.39, 0.29) is 18.4 Å². The summed E-state index contributed by atoms with van der Waals surface area (Å²) in [7, 11) is 0. The van der Waals surface area contributed by atoms with Gasteiger partial charge in [0.05, 0.1) is 0 Å². The Morgan fingerprint density at radius 1 is 1.00 bits per heavy atom. The Balaban J connectivity index is 1.57. The van der Waals surface area contributed by atoms with Crippen LogP contribution in [0.1, 0.15) is 26.4 Å². The van der Waals surface area contributed by atoms with Gasteiger partial charge in [0.1, 0.15) is 5.70 Å². The molecule has 30 heavy (non-hydrogen) atoms. The molecule has 3 aromatic rings. The highest BCUT2D eigenvalue weighted by atomic mass is 32.1. The molecular weight excluding hydrogens is 400 g/mol. The van der Waals surface area contributed by atoms with E-state index in [2.05, 4.69) is 10.6 Å². The summed E-state index contributed by atoms with van der Waals surface area (Å²) >= 11 is 1.47. The number of hydrogen-bond donors (Lipinski definition) is 2. The van der Waals surface area contributed by atoms with Crippen molar-refractivity contribution in [1.82, 2.24) is 5.32 Å². The van der Waals surface area contributed by atoms with Crippen LogP contribution in [0.5, 0.6) is 11.5 Å². The SMILES string of the molecule is Cc1ccc(C(=O)N/C(=C/c2cccs2)C(=O)Nc2ccc3c(c2)OCO3)cc1C. The van der Waals surface area contributed by atoms with E-state index in [0.29, 0.717) is 22.7 Å². The molecule has 0 radical (unpaired) electrons. The Bertz CT molecular complexity index is 1140. The quantitative estimate of drug-likeness (QED) is 0.596. The molecule has 0 fully saturated rings. The fourth-order valence-electron chi connectivity index (χ4n) is 2.92. The predicted octanol–water partition coefficient (Wildman–Crippen LogP) is 4.50. The zero-order valence-corrected chi connectivity index (χ0v) is 17.3. The summed E-state index contributed by atoms with van der Waals surface area (Å²) in [6.07, 6.45) is 1.66. The molecule has 1 aliphatic rings. The number of hydrogen-bond acceptors (Lipinski definition) is 5. The lowest BCUT2D eigenvalue weighted by molar-refractivity contribution is -0.113. The van der Waals surface area contributed by atoms with Crippen LogP contribution in [-0.4, -0.2) is 18.6 Å². The minimum atomic E-state index is -0.431. The topological polar surface area (TPSA) is 76.7 Å². The molecule has 0 spiro atoms. The number of carbonyl (C=O) groups excluding carboxylic acids is 2. The monoisotopic (exact) mass is 420 g/mol. The first-order valence-corrected chi connectivity index (χ1v) is 10.2. The van der Waals surface area contributed by atoms with E-state index in [0.717, 1.165) is 16.0 Å². The summed E-state index contributed by atoms with van der Waals surface area (Å²) in [5.74, 6) is 0.419. The molecule has 2 heterocycles. The number of thiophene rings is 1. The van der Waals surface area contributed by atoms with E-state index in [4.69, 9.17) is 9.47 Å². The van der Waals surface area contributed by atoms with Gasteiger partial charge in [0.15, 0.2) is 11.5 Å². The second-order valence-corrected chi connectivity index (χ2v) is 7.83. The lowest BCUT2D eigenvalue weighted by Gasteiger charge is -2.12. The second kappa shape index (κ2) is 8.42. The molecule has 2 amide bonds. The highest BCUT2D eigenvalue weighted by Crippen LogP contribution is 2.34. The van der Waals surface area contributed by atoms with Crippen molar-refractivity contribution >= 4 is 34.9 Å². The number of anilines is 1. The summed E-state index contributed by atoms with van der Waals surface area (Å²) in [6.45, 7) is 4.08. The van der Waals surface area contributed by atoms with Crippen molar-refractivity contribution in [3.8, 4) is 11.5 Å². The van der Waals surface area contributed by atoms with E-state index >= 15 is 0 Å². The van der Waals surface area contributed by atoms with Gasteiger partial charge in [-0.2, -0.15) is 0 Å². The van der Waals surface area contributed by atoms with Crippen molar-refractivity contribution in [3.63, 3.8) is 0 Å². The Labute approximate surface area is 178 Å². The lowest BCUT2D eigenvalue weighted by atomic mass is 10.1. The Hall–Kier alpha value is -3.58. The van der Waals surface area contributed by atoms with Crippen LogP contribution < -0.4 is 20.1 Å². The number of benzene rings is 2. The first-order valence-electron chi connectivity index (χ1n) is 9.34. The molecule has 0 aliphatic carbocycles. The molecule has 2 aromatic carbocycles. The van der Waals surface area contributed by atoms with Crippen LogP contribution in [-0.2, 0) is 4.79 Å². The molecule has 152 valence electrons. The molecular formula is C23H20N2O4S. The molecule has 0 atom stereocenters. The maximum atomic E-state index is 13.0. The Morgan fingerprint density at radius 3 is 2.60 bits per heavy atom. The van der Waals surface area contributed by atoms with Crippen LogP contribution in [0.25, 0.3) is 6.08 Å².